The first-order chi connectivity index (χ1) is 13.8. The van der Waals surface area contributed by atoms with E-state index in [4.69, 9.17) is 0 Å². The average Bonchev–Trinajstić information content (AvgIpc) is 2.96. The lowest BCUT2D eigenvalue weighted by Gasteiger charge is -2.41. The minimum absolute atomic E-state index is 0.00772. The van der Waals surface area contributed by atoms with Gasteiger partial charge in [0.05, 0.1) is 10.5 Å². The summed E-state index contributed by atoms with van der Waals surface area (Å²) < 4.78 is 0. The van der Waals surface area contributed by atoms with Crippen LogP contribution in [-0.2, 0) is 16.0 Å². The molecule has 2 heterocycles. The molecule has 1 atom stereocenters. The lowest BCUT2D eigenvalue weighted by atomic mass is 9.81. The van der Waals surface area contributed by atoms with Gasteiger partial charge in [-0.25, -0.2) is 0 Å². The number of hydrogen-bond donors (Lipinski definition) is 1. The number of nitrogens with zero attached hydrogens (tertiary/aromatic N) is 2. The number of carbonyl (C=O) groups is 4. The first-order valence-corrected chi connectivity index (χ1v) is 8.89. The van der Waals surface area contributed by atoms with Crippen molar-refractivity contribution < 1.29 is 24.1 Å². The Bertz CT molecular complexity index is 1080. The number of piperidine rings is 1. The van der Waals surface area contributed by atoms with Crippen molar-refractivity contribution in [2.24, 2.45) is 0 Å². The average molecular weight is 393 g/mol. The van der Waals surface area contributed by atoms with Gasteiger partial charge in [0.15, 0.2) is 0 Å². The molecule has 2 aromatic rings. The van der Waals surface area contributed by atoms with E-state index in [0.29, 0.717) is 5.56 Å². The van der Waals surface area contributed by atoms with Gasteiger partial charge in [0.1, 0.15) is 11.1 Å². The van der Waals surface area contributed by atoms with Crippen molar-refractivity contribution in [1.82, 2.24) is 10.2 Å². The summed E-state index contributed by atoms with van der Waals surface area (Å²) in [5.74, 6) is -2.96. The highest BCUT2D eigenvalue weighted by molar-refractivity contribution is 6.25. The van der Waals surface area contributed by atoms with Gasteiger partial charge in [0.25, 0.3) is 23.4 Å². The Hall–Kier alpha value is -3.88. The smallest absolute Gasteiger partial charge is 0.282 e. The number of nitro groups is 1. The number of nitro benzene ring substituents is 1. The van der Waals surface area contributed by atoms with Crippen LogP contribution in [0.4, 0.5) is 5.69 Å². The van der Waals surface area contributed by atoms with Gasteiger partial charge in [-0.05, 0) is 18.1 Å². The predicted molar refractivity (Wildman–Crippen MR) is 98.9 cm³/mol. The number of nitrogens with one attached hydrogen (secondary N) is 1. The quantitative estimate of drug-likeness (QED) is 0.478. The third-order valence-electron chi connectivity index (χ3n) is 5.30. The maximum Gasteiger partial charge on any atom is 0.282 e. The lowest BCUT2D eigenvalue weighted by Crippen LogP contribution is -2.65. The van der Waals surface area contributed by atoms with Crippen LogP contribution in [0.3, 0.4) is 0 Å². The second-order valence-electron chi connectivity index (χ2n) is 6.97. The van der Waals surface area contributed by atoms with E-state index >= 15 is 0 Å². The second kappa shape index (κ2) is 6.62. The van der Waals surface area contributed by atoms with Crippen LogP contribution in [0.25, 0.3) is 0 Å². The van der Waals surface area contributed by atoms with E-state index in [-0.39, 0.29) is 30.4 Å². The molecule has 1 N–H and O–H groups in total. The summed E-state index contributed by atoms with van der Waals surface area (Å²) in [5.41, 5.74) is -1.93. The normalized spacial score (nSPS) is 21.2. The van der Waals surface area contributed by atoms with E-state index in [1.165, 1.54) is 12.1 Å². The molecule has 1 fully saturated rings. The molecule has 1 saturated heterocycles. The van der Waals surface area contributed by atoms with E-state index in [0.717, 1.165) is 11.0 Å². The summed E-state index contributed by atoms with van der Waals surface area (Å²) in [6.07, 6.45) is -0.133. The molecule has 0 bridgehead atoms. The molecule has 9 nitrogen and oxygen atoms in total. The van der Waals surface area contributed by atoms with Crippen LogP contribution in [0.15, 0.2) is 48.5 Å². The Morgan fingerprint density at radius 1 is 1.00 bits per heavy atom. The summed E-state index contributed by atoms with van der Waals surface area (Å²) in [6.45, 7) is 0. The molecule has 0 radical (unpaired) electrons. The van der Waals surface area contributed by atoms with E-state index in [2.05, 4.69) is 5.32 Å². The first-order valence-electron chi connectivity index (χ1n) is 8.89. The molecule has 2 aliphatic rings. The third-order valence-corrected chi connectivity index (χ3v) is 5.30. The number of benzene rings is 2. The third kappa shape index (κ3) is 2.78. The topological polar surface area (TPSA) is 127 Å². The number of hydrogen-bond acceptors (Lipinski definition) is 6. The molecule has 0 saturated carbocycles. The highest BCUT2D eigenvalue weighted by atomic mass is 16.6. The highest BCUT2D eigenvalue weighted by Crippen LogP contribution is 2.39. The summed E-state index contributed by atoms with van der Waals surface area (Å²) >= 11 is 0. The molecule has 146 valence electrons. The molecule has 0 spiro atoms. The predicted octanol–water partition coefficient (Wildman–Crippen LogP) is 1.61. The van der Waals surface area contributed by atoms with Gasteiger partial charge in [-0.2, -0.15) is 0 Å². The number of fused-ring (bicyclic) bond motifs is 1. The zero-order valence-corrected chi connectivity index (χ0v) is 15.1. The standard InChI is InChI=1S/C20H15N3O6/c24-15-9-10-20(19(27)21-15,11-12-5-2-1-3-6-12)22-17(25)13-7-4-8-14(23(28)29)16(13)18(22)26/h1-8H,9-11H2,(H,21,24,27). The van der Waals surface area contributed by atoms with Gasteiger partial charge in [-0.1, -0.05) is 36.4 Å². The first kappa shape index (κ1) is 18.5. The van der Waals surface area contributed by atoms with Crippen molar-refractivity contribution in [3.63, 3.8) is 0 Å². The fraction of sp³-hybridized carbons (Fsp3) is 0.200. The van der Waals surface area contributed by atoms with Crippen molar-refractivity contribution in [2.75, 3.05) is 0 Å². The van der Waals surface area contributed by atoms with Crippen LogP contribution in [-0.4, -0.2) is 39.0 Å². The second-order valence-corrected chi connectivity index (χ2v) is 6.97. The van der Waals surface area contributed by atoms with E-state index in [1.54, 1.807) is 30.3 Å². The Kier molecular flexibility index (Phi) is 4.22. The van der Waals surface area contributed by atoms with Crippen LogP contribution < -0.4 is 5.32 Å². The van der Waals surface area contributed by atoms with E-state index in [1.807, 2.05) is 0 Å². The number of imide groups is 2. The van der Waals surface area contributed by atoms with Gasteiger partial charge >= 0.3 is 0 Å². The van der Waals surface area contributed by atoms with Crippen LogP contribution in [0.5, 0.6) is 0 Å². The maximum absolute atomic E-state index is 13.2. The molecule has 29 heavy (non-hydrogen) atoms. The van der Waals surface area contributed by atoms with Gasteiger partial charge in [-0.3, -0.25) is 39.5 Å². The Labute approximate surface area is 164 Å². The molecule has 9 heteroatoms. The van der Waals surface area contributed by atoms with Crippen LogP contribution in [0.2, 0.25) is 0 Å². The van der Waals surface area contributed by atoms with Crippen molar-refractivity contribution in [3.05, 3.63) is 75.3 Å². The van der Waals surface area contributed by atoms with Gasteiger partial charge < -0.3 is 0 Å². The minimum Gasteiger partial charge on any atom is -0.294 e. The molecule has 4 amide bonds. The zero-order chi connectivity index (χ0) is 20.8. The van der Waals surface area contributed by atoms with E-state index in [9.17, 15) is 29.3 Å². The monoisotopic (exact) mass is 393 g/mol. The Balaban J connectivity index is 1.86. The van der Waals surface area contributed by atoms with Crippen LogP contribution in [0.1, 0.15) is 39.1 Å². The SMILES string of the molecule is O=C1CCC(Cc2ccccc2)(N2C(=O)c3cccc([N+](=O)[O-])c3C2=O)C(=O)N1. The molecule has 2 aliphatic heterocycles. The fourth-order valence-electron chi connectivity index (χ4n) is 3.94. The van der Waals surface area contributed by atoms with Gasteiger partial charge in [0.2, 0.25) is 5.91 Å². The molecule has 4 rings (SSSR count). The van der Waals surface area contributed by atoms with Gasteiger partial charge in [-0.15, -0.1) is 0 Å². The summed E-state index contributed by atoms with van der Waals surface area (Å²) in [4.78, 5) is 62.5. The van der Waals surface area contributed by atoms with Gasteiger partial charge in [0, 0.05) is 18.9 Å². The molecule has 0 aliphatic carbocycles. The summed E-state index contributed by atoms with van der Waals surface area (Å²) in [7, 11) is 0. The van der Waals surface area contributed by atoms with Crippen molar-refractivity contribution in [2.45, 2.75) is 24.8 Å². The molecule has 2 aromatic carbocycles. The molecule has 1 unspecified atom stereocenters. The Morgan fingerprint density at radius 2 is 1.72 bits per heavy atom. The number of rotatable bonds is 4. The summed E-state index contributed by atoms with van der Waals surface area (Å²) in [6, 6.07) is 12.6. The fourth-order valence-corrected chi connectivity index (χ4v) is 3.94. The van der Waals surface area contributed by atoms with Crippen LogP contribution in [0, 0.1) is 10.1 Å². The molecular formula is C20H15N3O6. The minimum atomic E-state index is -1.66. The maximum atomic E-state index is 13.2. The molecular weight excluding hydrogens is 378 g/mol. The zero-order valence-electron chi connectivity index (χ0n) is 15.1. The van der Waals surface area contributed by atoms with Crippen LogP contribution >= 0.6 is 0 Å². The summed E-state index contributed by atoms with van der Waals surface area (Å²) in [5, 5.41) is 13.6. The van der Waals surface area contributed by atoms with Crippen molar-refractivity contribution in [1.29, 1.82) is 0 Å². The number of carbonyl (C=O) groups excluding carboxylic acids is 4. The van der Waals surface area contributed by atoms with Crippen molar-refractivity contribution >= 4 is 29.3 Å². The highest BCUT2D eigenvalue weighted by Gasteiger charge is 2.56. The largest absolute Gasteiger partial charge is 0.294 e. The van der Waals surface area contributed by atoms with Crippen molar-refractivity contribution in [3.8, 4) is 0 Å². The van der Waals surface area contributed by atoms with E-state index < -0.39 is 39.8 Å². The Morgan fingerprint density at radius 3 is 2.38 bits per heavy atom. The molecule has 0 aromatic heterocycles. The number of amides is 4. The lowest BCUT2D eigenvalue weighted by molar-refractivity contribution is -0.385.